The van der Waals surface area contributed by atoms with Gasteiger partial charge in [-0.25, -0.2) is 17.5 Å². The van der Waals surface area contributed by atoms with Crippen LogP contribution in [-0.4, -0.2) is 32.8 Å². The molecule has 0 unspecified atom stereocenters. The van der Waals surface area contributed by atoms with Crippen LogP contribution in [0.25, 0.3) is 0 Å². The first-order chi connectivity index (χ1) is 11.6. The zero-order valence-electron chi connectivity index (χ0n) is 14.8. The molecule has 0 amide bonds. The van der Waals surface area contributed by atoms with Crippen LogP contribution in [-0.2, 0) is 10.0 Å². The maximum absolute atomic E-state index is 12.6. The van der Waals surface area contributed by atoms with Gasteiger partial charge in [0.05, 0.1) is 15.5 Å². The van der Waals surface area contributed by atoms with Crippen molar-refractivity contribution in [2.24, 2.45) is 0 Å². The number of hydrogen-bond donors (Lipinski definition) is 0. The number of nitrogens with zero attached hydrogens (tertiary/aromatic N) is 1. The van der Waals surface area contributed by atoms with E-state index in [0.29, 0.717) is 5.75 Å². The number of halogens is 1. The molecule has 0 radical (unpaired) electrons. The molecule has 134 valence electrons. The third-order valence-electron chi connectivity index (χ3n) is 4.00. The Hall–Kier alpha value is -1.89. The zero-order valence-corrected chi connectivity index (χ0v) is 16.3. The lowest BCUT2D eigenvalue weighted by Crippen LogP contribution is -2.22. The number of carbonyl (C=O) groups excluding carboxylic acids is 1. The first kappa shape index (κ1) is 19.4. The predicted molar refractivity (Wildman–Crippen MR) is 97.9 cm³/mol. The summed E-state index contributed by atoms with van der Waals surface area (Å²) in [4.78, 5) is 12.6. The molecule has 2 aromatic rings. The van der Waals surface area contributed by atoms with Crippen LogP contribution in [0.3, 0.4) is 0 Å². The van der Waals surface area contributed by atoms with Crippen molar-refractivity contribution in [2.45, 2.75) is 25.7 Å². The van der Waals surface area contributed by atoms with Crippen molar-refractivity contribution in [1.29, 1.82) is 0 Å². The molecule has 2 rings (SSSR count). The van der Waals surface area contributed by atoms with E-state index in [1.807, 2.05) is 32.9 Å². The highest BCUT2D eigenvalue weighted by Crippen LogP contribution is 2.28. The van der Waals surface area contributed by atoms with E-state index in [-0.39, 0.29) is 15.5 Å². The van der Waals surface area contributed by atoms with E-state index >= 15 is 0 Å². The van der Waals surface area contributed by atoms with Crippen LogP contribution in [0.4, 0.5) is 0 Å². The van der Waals surface area contributed by atoms with Gasteiger partial charge in [0.1, 0.15) is 5.75 Å². The molecule has 0 atom stereocenters. The number of benzene rings is 2. The summed E-state index contributed by atoms with van der Waals surface area (Å²) in [6.07, 6.45) is 0. The number of sulfonamides is 1. The van der Waals surface area contributed by atoms with Crippen LogP contribution in [0.1, 0.15) is 27.0 Å². The molecule has 0 N–H and O–H groups in total. The summed E-state index contributed by atoms with van der Waals surface area (Å²) in [5.74, 6) is -0.237. The van der Waals surface area contributed by atoms with Gasteiger partial charge >= 0.3 is 5.97 Å². The summed E-state index contributed by atoms with van der Waals surface area (Å²) < 4.78 is 31.1. The topological polar surface area (TPSA) is 63.7 Å². The molecular formula is C18H20ClNO4S. The average molecular weight is 382 g/mol. The van der Waals surface area contributed by atoms with Gasteiger partial charge in [0.25, 0.3) is 0 Å². The monoisotopic (exact) mass is 381 g/mol. The number of hydrogen-bond acceptors (Lipinski definition) is 4. The summed E-state index contributed by atoms with van der Waals surface area (Å²) >= 11 is 6.09. The molecule has 0 saturated carbocycles. The van der Waals surface area contributed by atoms with Crippen LogP contribution >= 0.6 is 11.6 Å². The second-order valence-electron chi connectivity index (χ2n) is 5.97. The summed E-state index contributed by atoms with van der Waals surface area (Å²) in [5, 5.41) is 0.130. The summed E-state index contributed by atoms with van der Waals surface area (Å²) in [5.41, 5.74) is 2.65. The number of esters is 1. The third-order valence-corrected chi connectivity index (χ3v) is 6.15. The Morgan fingerprint density at radius 1 is 1.04 bits per heavy atom. The van der Waals surface area contributed by atoms with Gasteiger partial charge in [-0.1, -0.05) is 23.7 Å². The lowest BCUT2D eigenvalue weighted by Gasteiger charge is -2.15. The Morgan fingerprint density at radius 3 is 2.24 bits per heavy atom. The SMILES string of the molecule is Cc1ccc(C)c(OC(=O)c2cc(S(=O)(=O)N(C)C)ccc2Cl)c1C. The van der Waals surface area contributed by atoms with Crippen molar-refractivity contribution in [3.8, 4) is 5.75 Å². The Kier molecular flexibility index (Phi) is 5.56. The Morgan fingerprint density at radius 2 is 1.64 bits per heavy atom. The fourth-order valence-corrected chi connectivity index (χ4v) is 3.39. The molecule has 2 aromatic carbocycles. The minimum atomic E-state index is -3.68. The van der Waals surface area contributed by atoms with Gasteiger partial charge in [-0.15, -0.1) is 0 Å². The van der Waals surface area contributed by atoms with E-state index < -0.39 is 16.0 Å². The maximum Gasteiger partial charge on any atom is 0.345 e. The maximum atomic E-state index is 12.6. The minimum absolute atomic E-state index is 0.00453. The lowest BCUT2D eigenvalue weighted by molar-refractivity contribution is 0.0732. The zero-order chi connectivity index (χ0) is 18.9. The van der Waals surface area contributed by atoms with Crippen molar-refractivity contribution in [3.05, 3.63) is 57.6 Å². The molecule has 0 spiro atoms. The first-order valence-electron chi connectivity index (χ1n) is 7.56. The molecule has 25 heavy (non-hydrogen) atoms. The summed E-state index contributed by atoms with van der Waals surface area (Å²) in [6.45, 7) is 5.62. The van der Waals surface area contributed by atoms with Crippen LogP contribution in [0.2, 0.25) is 5.02 Å². The molecule has 0 aromatic heterocycles. The lowest BCUT2D eigenvalue weighted by atomic mass is 10.1. The molecule has 0 bridgehead atoms. The van der Waals surface area contributed by atoms with Gasteiger partial charge in [0.2, 0.25) is 10.0 Å². The molecule has 0 aliphatic heterocycles. The number of rotatable bonds is 4. The highest BCUT2D eigenvalue weighted by molar-refractivity contribution is 7.89. The van der Waals surface area contributed by atoms with Crippen molar-refractivity contribution in [3.63, 3.8) is 0 Å². The van der Waals surface area contributed by atoms with E-state index in [2.05, 4.69) is 0 Å². The van der Waals surface area contributed by atoms with Crippen molar-refractivity contribution in [1.82, 2.24) is 4.31 Å². The van der Waals surface area contributed by atoms with E-state index in [9.17, 15) is 13.2 Å². The van der Waals surface area contributed by atoms with Gasteiger partial charge in [-0.05, 0) is 55.7 Å². The third kappa shape index (κ3) is 3.86. The standard InChI is InChI=1S/C18H20ClNO4S/c1-11-6-7-12(2)17(13(11)3)24-18(21)15-10-14(8-9-16(15)19)25(22,23)20(4)5/h6-10H,1-5H3. The van der Waals surface area contributed by atoms with E-state index in [4.69, 9.17) is 16.3 Å². The molecule has 0 saturated heterocycles. The predicted octanol–water partition coefficient (Wildman–Crippen LogP) is 3.73. The smallest absolute Gasteiger partial charge is 0.345 e. The number of ether oxygens (including phenoxy) is 1. The Balaban J connectivity index is 2.46. The molecule has 0 fully saturated rings. The Bertz CT molecular complexity index is 936. The van der Waals surface area contributed by atoms with E-state index in [0.717, 1.165) is 21.0 Å². The molecule has 5 nitrogen and oxygen atoms in total. The second-order valence-corrected chi connectivity index (χ2v) is 8.53. The molecular weight excluding hydrogens is 362 g/mol. The minimum Gasteiger partial charge on any atom is -0.422 e. The molecule has 0 aliphatic carbocycles. The largest absolute Gasteiger partial charge is 0.422 e. The Labute approximate surface area is 153 Å². The molecule has 7 heteroatoms. The summed E-state index contributed by atoms with van der Waals surface area (Å²) in [6, 6.07) is 7.78. The quantitative estimate of drug-likeness (QED) is 0.598. The highest BCUT2D eigenvalue weighted by Gasteiger charge is 2.22. The second kappa shape index (κ2) is 7.15. The fourth-order valence-electron chi connectivity index (χ4n) is 2.26. The average Bonchev–Trinajstić information content (AvgIpc) is 2.55. The van der Waals surface area contributed by atoms with E-state index in [1.54, 1.807) is 0 Å². The fraction of sp³-hybridized carbons (Fsp3) is 0.278. The van der Waals surface area contributed by atoms with Crippen molar-refractivity contribution in [2.75, 3.05) is 14.1 Å². The van der Waals surface area contributed by atoms with Crippen LogP contribution in [0.5, 0.6) is 5.75 Å². The van der Waals surface area contributed by atoms with Gasteiger partial charge in [-0.3, -0.25) is 0 Å². The van der Waals surface area contributed by atoms with E-state index in [1.165, 1.54) is 32.3 Å². The van der Waals surface area contributed by atoms with Gasteiger partial charge in [0.15, 0.2) is 0 Å². The number of carbonyl (C=O) groups is 1. The first-order valence-corrected chi connectivity index (χ1v) is 9.38. The molecule has 0 heterocycles. The van der Waals surface area contributed by atoms with Gasteiger partial charge in [-0.2, -0.15) is 0 Å². The normalized spacial score (nSPS) is 11.6. The summed E-state index contributed by atoms with van der Waals surface area (Å²) in [7, 11) is -0.843. The van der Waals surface area contributed by atoms with Gasteiger partial charge < -0.3 is 4.74 Å². The van der Waals surface area contributed by atoms with Crippen LogP contribution in [0, 0.1) is 20.8 Å². The number of aryl methyl sites for hydroxylation is 2. The van der Waals surface area contributed by atoms with Crippen LogP contribution < -0.4 is 4.74 Å². The highest BCUT2D eigenvalue weighted by atomic mass is 35.5. The van der Waals surface area contributed by atoms with Crippen LogP contribution in [0.15, 0.2) is 35.2 Å². The molecule has 0 aliphatic rings. The van der Waals surface area contributed by atoms with Crippen molar-refractivity contribution >= 4 is 27.6 Å². The van der Waals surface area contributed by atoms with Crippen molar-refractivity contribution < 1.29 is 17.9 Å². The van der Waals surface area contributed by atoms with Gasteiger partial charge in [0, 0.05) is 14.1 Å².